The standard InChI is InChI=1S/C33H38FN11O3/c1-38-27(16-36)30(37)32(46)45-9-8-29(26(34)17-45)48-28-7-2-21(14-22(28)15-35)31-39-20-40-33(42-31)41-23-3-5-24(6-4-23)43-10-12-44(13-11-43)25-18-47-19-25/h2-7,14,16,20,25-26,29,36,38H,8-13,17-19,37H2,1H3,(H,39,40,41,42)/b30-27+,36-16?/t26-,29+/m1/s1. The van der Waals surface area contributed by atoms with E-state index in [0.717, 1.165) is 57.0 Å². The molecule has 0 saturated carbocycles. The number of piperidine rings is 1. The Labute approximate surface area is 277 Å². The van der Waals surface area contributed by atoms with Crippen LogP contribution in [0.2, 0.25) is 0 Å². The number of likely N-dealkylation sites (tertiary alicyclic amines) is 1. The van der Waals surface area contributed by atoms with E-state index in [9.17, 15) is 10.1 Å². The molecule has 3 aliphatic heterocycles. The molecule has 14 nitrogen and oxygen atoms in total. The van der Waals surface area contributed by atoms with Gasteiger partial charge in [-0.2, -0.15) is 10.2 Å². The van der Waals surface area contributed by atoms with Gasteiger partial charge in [0.25, 0.3) is 5.91 Å². The molecule has 3 aliphatic rings. The van der Waals surface area contributed by atoms with Crippen LogP contribution in [0.25, 0.3) is 11.4 Å². The maximum Gasteiger partial charge on any atom is 0.272 e. The minimum absolute atomic E-state index is 0.156. The Hall–Kier alpha value is -5.33. The van der Waals surface area contributed by atoms with Gasteiger partial charge in [-0.05, 0) is 42.5 Å². The predicted molar refractivity (Wildman–Crippen MR) is 178 cm³/mol. The molecule has 1 amide bonds. The summed E-state index contributed by atoms with van der Waals surface area (Å²) in [5, 5.41) is 23.2. The summed E-state index contributed by atoms with van der Waals surface area (Å²) < 4.78 is 26.5. The van der Waals surface area contributed by atoms with Gasteiger partial charge in [0, 0.05) is 69.3 Å². The van der Waals surface area contributed by atoms with Crippen LogP contribution in [-0.2, 0) is 9.53 Å². The number of carbonyl (C=O) groups is 1. The number of nitrogens with zero attached hydrogens (tertiary/aromatic N) is 7. The van der Waals surface area contributed by atoms with Crippen molar-refractivity contribution in [2.24, 2.45) is 5.73 Å². The Morgan fingerprint density at radius 1 is 1.15 bits per heavy atom. The van der Waals surface area contributed by atoms with Gasteiger partial charge in [-0.15, -0.1) is 0 Å². The lowest BCUT2D eigenvalue weighted by molar-refractivity contribution is -0.131. The minimum atomic E-state index is -1.51. The molecule has 3 aromatic rings. The van der Waals surface area contributed by atoms with E-state index < -0.39 is 18.2 Å². The second-order valence-electron chi connectivity index (χ2n) is 11.8. The van der Waals surface area contributed by atoms with E-state index in [0.29, 0.717) is 23.4 Å². The zero-order valence-corrected chi connectivity index (χ0v) is 26.6. The van der Waals surface area contributed by atoms with Crippen molar-refractivity contribution in [3.63, 3.8) is 0 Å². The van der Waals surface area contributed by atoms with Gasteiger partial charge in [0.15, 0.2) is 12.0 Å². The van der Waals surface area contributed by atoms with Gasteiger partial charge in [0.1, 0.15) is 29.9 Å². The van der Waals surface area contributed by atoms with Gasteiger partial charge in [-0.25, -0.2) is 14.4 Å². The van der Waals surface area contributed by atoms with Crippen molar-refractivity contribution < 1.29 is 18.7 Å². The van der Waals surface area contributed by atoms with Crippen LogP contribution in [0.15, 0.2) is 60.2 Å². The molecule has 0 spiro atoms. The summed E-state index contributed by atoms with van der Waals surface area (Å²) >= 11 is 0. The second kappa shape index (κ2) is 14.6. The quantitative estimate of drug-likeness (QED) is 0.185. The molecule has 3 saturated heterocycles. The largest absolute Gasteiger partial charge is 0.486 e. The van der Waals surface area contributed by atoms with E-state index in [4.69, 9.17) is 20.6 Å². The maximum absolute atomic E-state index is 15.2. The summed E-state index contributed by atoms with van der Waals surface area (Å²) in [7, 11) is 1.54. The molecule has 3 fully saturated rings. The molecule has 0 aliphatic carbocycles. The second-order valence-corrected chi connectivity index (χ2v) is 11.8. The van der Waals surface area contributed by atoms with Gasteiger partial charge >= 0.3 is 0 Å². The molecule has 4 heterocycles. The van der Waals surface area contributed by atoms with E-state index in [1.54, 1.807) is 25.2 Å². The highest BCUT2D eigenvalue weighted by Crippen LogP contribution is 2.29. The number of allylic oxidation sites excluding steroid dienone is 1. The molecule has 15 heteroatoms. The first-order valence-electron chi connectivity index (χ1n) is 15.8. The molecule has 0 radical (unpaired) electrons. The van der Waals surface area contributed by atoms with Crippen molar-refractivity contribution in [1.82, 2.24) is 30.1 Å². The normalized spacial score (nSPS) is 20.6. The number of piperazine rings is 1. The molecular weight excluding hydrogens is 617 g/mol. The summed E-state index contributed by atoms with van der Waals surface area (Å²) in [6, 6.07) is 15.7. The lowest BCUT2D eigenvalue weighted by Gasteiger charge is -2.43. The fourth-order valence-corrected chi connectivity index (χ4v) is 5.95. The van der Waals surface area contributed by atoms with E-state index in [1.165, 1.54) is 11.2 Å². The number of anilines is 3. The number of amides is 1. The lowest BCUT2D eigenvalue weighted by Crippen LogP contribution is -2.56. The predicted octanol–water partition coefficient (Wildman–Crippen LogP) is 2.03. The van der Waals surface area contributed by atoms with Crippen LogP contribution >= 0.6 is 0 Å². The topological polar surface area (TPSA) is 182 Å². The third-order valence-corrected chi connectivity index (χ3v) is 8.85. The maximum atomic E-state index is 15.2. The van der Waals surface area contributed by atoms with Crippen LogP contribution in [0.4, 0.5) is 21.7 Å². The number of alkyl halides is 1. The summed E-state index contributed by atoms with van der Waals surface area (Å²) in [6.07, 6.45) is 0.154. The highest BCUT2D eigenvalue weighted by Gasteiger charge is 2.34. The Balaban J connectivity index is 1.06. The number of nitrogens with two attached hydrogens (primary N) is 1. The number of hydrogen-bond donors (Lipinski definition) is 4. The Kier molecular flexibility index (Phi) is 9.93. The van der Waals surface area contributed by atoms with Gasteiger partial charge < -0.3 is 41.1 Å². The molecule has 250 valence electrons. The number of aromatic nitrogens is 3. The van der Waals surface area contributed by atoms with Gasteiger partial charge in [0.2, 0.25) is 5.95 Å². The van der Waals surface area contributed by atoms with E-state index in [2.05, 4.69) is 53.6 Å². The third kappa shape index (κ3) is 7.14. The smallest absolute Gasteiger partial charge is 0.272 e. The van der Waals surface area contributed by atoms with Gasteiger partial charge in [-0.1, -0.05) is 0 Å². The van der Waals surface area contributed by atoms with E-state index in [1.807, 2.05) is 12.1 Å². The van der Waals surface area contributed by atoms with Crippen molar-refractivity contribution in [1.29, 1.82) is 10.7 Å². The molecular formula is C33H38FN11O3. The van der Waals surface area contributed by atoms with E-state index >= 15 is 4.39 Å². The van der Waals surface area contributed by atoms with Gasteiger partial charge in [0.05, 0.1) is 37.1 Å². The fourth-order valence-electron chi connectivity index (χ4n) is 5.95. The summed E-state index contributed by atoms with van der Waals surface area (Å²) in [5.74, 6) is 0.370. The van der Waals surface area contributed by atoms with Crippen LogP contribution in [0.5, 0.6) is 5.75 Å². The molecule has 2 atom stereocenters. The Morgan fingerprint density at radius 3 is 2.56 bits per heavy atom. The van der Waals surface area contributed by atoms with Crippen LogP contribution < -0.4 is 26.0 Å². The van der Waals surface area contributed by atoms with Crippen molar-refractivity contribution in [3.8, 4) is 23.2 Å². The van der Waals surface area contributed by atoms with Crippen LogP contribution in [0, 0.1) is 16.7 Å². The van der Waals surface area contributed by atoms with Crippen molar-refractivity contribution >= 4 is 29.4 Å². The zero-order chi connectivity index (χ0) is 33.6. The molecule has 48 heavy (non-hydrogen) atoms. The monoisotopic (exact) mass is 655 g/mol. The highest BCUT2D eigenvalue weighted by atomic mass is 19.1. The first-order valence-corrected chi connectivity index (χ1v) is 15.8. The number of halogens is 1. The van der Waals surface area contributed by atoms with Crippen LogP contribution in [0.1, 0.15) is 12.0 Å². The number of rotatable bonds is 10. The van der Waals surface area contributed by atoms with Crippen LogP contribution in [-0.4, -0.2) is 115 Å². The average molecular weight is 656 g/mol. The van der Waals surface area contributed by atoms with Crippen molar-refractivity contribution in [2.45, 2.75) is 24.7 Å². The first kappa shape index (κ1) is 32.6. The number of carbonyl (C=O) groups excluding carboxylic acids is 1. The summed E-state index contributed by atoms with van der Waals surface area (Å²) in [4.78, 5) is 32.0. The lowest BCUT2D eigenvalue weighted by atomic mass is 10.0. The average Bonchev–Trinajstić information content (AvgIpc) is 3.09. The molecule has 6 rings (SSSR count). The Bertz CT molecular complexity index is 1700. The minimum Gasteiger partial charge on any atom is -0.486 e. The molecule has 5 N–H and O–H groups in total. The summed E-state index contributed by atoms with van der Waals surface area (Å²) in [6.45, 7) is 5.66. The first-order chi connectivity index (χ1) is 23.4. The molecule has 1 aromatic heterocycles. The van der Waals surface area contributed by atoms with Crippen molar-refractivity contribution in [2.75, 3.05) is 69.7 Å². The van der Waals surface area contributed by atoms with Gasteiger partial charge in [-0.3, -0.25) is 9.69 Å². The van der Waals surface area contributed by atoms with Crippen LogP contribution in [0.3, 0.4) is 0 Å². The fraction of sp³-hybridized carbons (Fsp3) is 0.394. The molecule has 2 aromatic carbocycles. The number of nitriles is 1. The number of hydrogen-bond acceptors (Lipinski definition) is 13. The SMILES string of the molecule is CN/C(C=N)=C(/N)C(=O)N1CC[C@H](Oc2ccc(-c3ncnc(Nc4ccc(N5CCN(C6COC6)CC5)cc4)n3)cc2C#N)[C@H](F)C1. The third-order valence-electron chi connectivity index (χ3n) is 8.85. The number of benzene rings is 2. The number of ether oxygens (including phenoxy) is 2. The zero-order valence-electron chi connectivity index (χ0n) is 26.6. The molecule has 0 unspecified atom stereocenters. The number of nitrogens with one attached hydrogen (secondary N) is 3. The summed E-state index contributed by atoms with van der Waals surface area (Å²) in [5.41, 5.74) is 8.62. The Morgan fingerprint density at radius 2 is 1.92 bits per heavy atom. The van der Waals surface area contributed by atoms with Crippen molar-refractivity contribution in [3.05, 3.63) is 65.7 Å². The molecule has 0 bridgehead atoms. The van der Waals surface area contributed by atoms with E-state index in [-0.39, 0.29) is 42.2 Å². The highest BCUT2D eigenvalue weighted by molar-refractivity contribution is 5.98.